The van der Waals surface area contributed by atoms with Crippen LogP contribution >= 0.6 is 0 Å². The SMILES string of the molecule is Cc1ccc(OC(=O)c2cccc(N3CCCC3=O)c2)c(C)c1. The Morgan fingerprint density at radius 3 is 2.65 bits per heavy atom. The Kier molecular flexibility index (Phi) is 4.15. The van der Waals surface area contributed by atoms with E-state index in [1.807, 2.05) is 32.0 Å². The molecular formula is C19H19NO3. The Labute approximate surface area is 135 Å². The van der Waals surface area contributed by atoms with Crippen molar-refractivity contribution in [3.05, 3.63) is 59.2 Å². The zero-order chi connectivity index (χ0) is 16.4. The standard InChI is InChI=1S/C19H19NO3/c1-13-8-9-17(14(2)11-13)23-19(22)15-5-3-6-16(12-15)20-10-4-7-18(20)21/h3,5-6,8-9,11-12H,4,7,10H2,1-2H3. The molecule has 1 heterocycles. The molecule has 0 atom stereocenters. The summed E-state index contributed by atoms with van der Waals surface area (Å²) in [4.78, 5) is 25.9. The average molecular weight is 309 g/mol. The number of amides is 1. The van der Waals surface area contributed by atoms with Gasteiger partial charge in [-0.05, 0) is 50.1 Å². The topological polar surface area (TPSA) is 46.6 Å². The van der Waals surface area contributed by atoms with Crippen LogP contribution in [0.5, 0.6) is 5.75 Å². The van der Waals surface area contributed by atoms with Gasteiger partial charge < -0.3 is 9.64 Å². The van der Waals surface area contributed by atoms with Crippen LogP contribution in [0.1, 0.15) is 34.3 Å². The fourth-order valence-electron chi connectivity index (χ4n) is 2.79. The van der Waals surface area contributed by atoms with Gasteiger partial charge >= 0.3 is 5.97 Å². The highest BCUT2D eigenvalue weighted by atomic mass is 16.5. The van der Waals surface area contributed by atoms with Crippen LogP contribution in [0.2, 0.25) is 0 Å². The molecule has 0 saturated carbocycles. The number of ether oxygens (including phenoxy) is 1. The molecule has 1 amide bonds. The number of anilines is 1. The largest absolute Gasteiger partial charge is 0.423 e. The van der Waals surface area contributed by atoms with Crippen LogP contribution in [0, 0.1) is 13.8 Å². The van der Waals surface area contributed by atoms with E-state index in [0.29, 0.717) is 24.3 Å². The average Bonchev–Trinajstić information content (AvgIpc) is 2.96. The fraction of sp³-hybridized carbons (Fsp3) is 0.263. The number of aryl methyl sites for hydroxylation is 2. The number of nitrogens with zero attached hydrogens (tertiary/aromatic N) is 1. The zero-order valence-corrected chi connectivity index (χ0v) is 13.3. The van der Waals surface area contributed by atoms with Crippen LogP contribution in [-0.4, -0.2) is 18.4 Å². The highest BCUT2D eigenvalue weighted by molar-refractivity contribution is 5.98. The number of hydrogen-bond donors (Lipinski definition) is 0. The zero-order valence-electron chi connectivity index (χ0n) is 13.3. The number of esters is 1. The Bertz CT molecular complexity index is 767. The van der Waals surface area contributed by atoms with Gasteiger partial charge in [-0.25, -0.2) is 4.79 Å². The Hall–Kier alpha value is -2.62. The van der Waals surface area contributed by atoms with Crippen molar-refractivity contribution in [2.45, 2.75) is 26.7 Å². The van der Waals surface area contributed by atoms with Crippen molar-refractivity contribution < 1.29 is 14.3 Å². The third kappa shape index (κ3) is 3.26. The summed E-state index contributed by atoms with van der Waals surface area (Å²) in [6, 6.07) is 12.7. The van der Waals surface area contributed by atoms with Gasteiger partial charge in [0.25, 0.3) is 0 Å². The van der Waals surface area contributed by atoms with Crippen LogP contribution in [0.4, 0.5) is 5.69 Å². The van der Waals surface area contributed by atoms with Gasteiger partial charge in [-0.2, -0.15) is 0 Å². The maximum Gasteiger partial charge on any atom is 0.343 e. The Morgan fingerprint density at radius 2 is 1.96 bits per heavy atom. The van der Waals surface area contributed by atoms with Crippen molar-refractivity contribution in [1.82, 2.24) is 0 Å². The van der Waals surface area contributed by atoms with Gasteiger partial charge in [0, 0.05) is 18.7 Å². The Morgan fingerprint density at radius 1 is 1.13 bits per heavy atom. The van der Waals surface area contributed by atoms with Crippen molar-refractivity contribution >= 4 is 17.6 Å². The first-order valence-electron chi connectivity index (χ1n) is 7.74. The molecule has 0 unspecified atom stereocenters. The van der Waals surface area contributed by atoms with E-state index < -0.39 is 5.97 Å². The summed E-state index contributed by atoms with van der Waals surface area (Å²) in [5.74, 6) is 0.249. The minimum Gasteiger partial charge on any atom is -0.423 e. The molecular weight excluding hydrogens is 290 g/mol. The highest BCUT2D eigenvalue weighted by Crippen LogP contribution is 2.24. The summed E-state index contributed by atoms with van der Waals surface area (Å²) in [5.41, 5.74) is 3.24. The summed E-state index contributed by atoms with van der Waals surface area (Å²) in [6.45, 7) is 4.61. The summed E-state index contributed by atoms with van der Waals surface area (Å²) in [6.07, 6.45) is 1.42. The normalized spacial score (nSPS) is 14.2. The van der Waals surface area contributed by atoms with E-state index in [-0.39, 0.29) is 5.91 Å². The highest BCUT2D eigenvalue weighted by Gasteiger charge is 2.22. The van der Waals surface area contributed by atoms with Gasteiger partial charge in [0.05, 0.1) is 5.56 Å². The molecule has 0 N–H and O–H groups in total. The summed E-state index contributed by atoms with van der Waals surface area (Å²) >= 11 is 0. The van der Waals surface area contributed by atoms with Crippen LogP contribution in [0.3, 0.4) is 0 Å². The molecule has 4 nitrogen and oxygen atoms in total. The van der Waals surface area contributed by atoms with Crippen molar-refractivity contribution in [2.75, 3.05) is 11.4 Å². The molecule has 1 fully saturated rings. The van der Waals surface area contributed by atoms with Crippen molar-refractivity contribution in [3.63, 3.8) is 0 Å². The van der Waals surface area contributed by atoms with E-state index in [1.165, 1.54) is 0 Å². The molecule has 118 valence electrons. The third-order valence-electron chi connectivity index (χ3n) is 4.00. The maximum atomic E-state index is 12.4. The van der Waals surface area contributed by atoms with Gasteiger partial charge in [-0.15, -0.1) is 0 Å². The predicted molar refractivity (Wildman–Crippen MR) is 88.9 cm³/mol. The lowest BCUT2D eigenvalue weighted by Gasteiger charge is -2.16. The van der Waals surface area contributed by atoms with Crippen LogP contribution in [0.15, 0.2) is 42.5 Å². The lowest BCUT2D eigenvalue weighted by atomic mass is 10.1. The van der Waals surface area contributed by atoms with Crippen molar-refractivity contribution in [2.24, 2.45) is 0 Å². The molecule has 0 aliphatic carbocycles. The van der Waals surface area contributed by atoms with Gasteiger partial charge in [0.15, 0.2) is 0 Å². The molecule has 0 aromatic heterocycles. The summed E-state index contributed by atoms with van der Waals surface area (Å²) in [7, 11) is 0. The Balaban J connectivity index is 1.81. The molecule has 0 bridgehead atoms. The van der Waals surface area contributed by atoms with Gasteiger partial charge in [0.2, 0.25) is 5.91 Å². The third-order valence-corrected chi connectivity index (χ3v) is 4.00. The molecule has 1 aliphatic rings. The maximum absolute atomic E-state index is 12.4. The lowest BCUT2D eigenvalue weighted by Crippen LogP contribution is -2.24. The first-order chi connectivity index (χ1) is 11.0. The second-order valence-electron chi connectivity index (χ2n) is 5.86. The second-order valence-corrected chi connectivity index (χ2v) is 5.86. The first-order valence-corrected chi connectivity index (χ1v) is 7.74. The minimum atomic E-state index is -0.412. The van der Waals surface area contributed by atoms with Crippen LogP contribution in [0.25, 0.3) is 0 Å². The van der Waals surface area contributed by atoms with Crippen LogP contribution < -0.4 is 9.64 Å². The molecule has 0 radical (unpaired) electrons. The number of carbonyl (C=O) groups excluding carboxylic acids is 2. The molecule has 3 rings (SSSR count). The fourth-order valence-corrected chi connectivity index (χ4v) is 2.79. The second kappa shape index (κ2) is 6.24. The molecule has 2 aromatic rings. The smallest absolute Gasteiger partial charge is 0.343 e. The van der Waals surface area contributed by atoms with E-state index in [4.69, 9.17) is 4.74 Å². The van der Waals surface area contributed by atoms with E-state index in [1.54, 1.807) is 29.2 Å². The van der Waals surface area contributed by atoms with Crippen molar-refractivity contribution in [3.8, 4) is 5.75 Å². The summed E-state index contributed by atoms with van der Waals surface area (Å²) < 4.78 is 5.49. The number of benzene rings is 2. The van der Waals surface area contributed by atoms with E-state index in [0.717, 1.165) is 23.2 Å². The first kappa shape index (κ1) is 15.3. The molecule has 0 spiro atoms. The molecule has 4 heteroatoms. The molecule has 2 aromatic carbocycles. The van der Waals surface area contributed by atoms with E-state index in [9.17, 15) is 9.59 Å². The monoisotopic (exact) mass is 309 g/mol. The predicted octanol–water partition coefficient (Wildman–Crippen LogP) is 3.65. The van der Waals surface area contributed by atoms with E-state index >= 15 is 0 Å². The number of carbonyl (C=O) groups is 2. The number of rotatable bonds is 3. The van der Waals surface area contributed by atoms with Gasteiger partial charge in [-0.3, -0.25) is 4.79 Å². The molecule has 1 aliphatic heterocycles. The van der Waals surface area contributed by atoms with Crippen molar-refractivity contribution in [1.29, 1.82) is 0 Å². The van der Waals surface area contributed by atoms with E-state index in [2.05, 4.69) is 0 Å². The quantitative estimate of drug-likeness (QED) is 0.642. The number of hydrogen-bond acceptors (Lipinski definition) is 3. The lowest BCUT2D eigenvalue weighted by molar-refractivity contribution is -0.117. The minimum absolute atomic E-state index is 0.102. The summed E-state index contributed by atoms with van der Waals surface area (Å²) in [5, 5.41) is 0. The van der Waals surface area contributed by atoms with Gasteiger partial charge in [0.1, 0.15) is 5.75 Å². The van der Waals surface area contributed by atoms with Gasteiger partial charge in [-0.1, -0.05) is 23.8 Å². The molecule has 1 saturated heterocycles. The van der Waals surface area contributed by atoms with Crippen LogP contribution in [-0.2, 0) is 4.79 Å². The molecule has 23 heavy (non-hydrogen) atoms.